The van der Waals surface area contributed by atoms with Crippen molar-refractivity contribution in [2.75, 3.05) is 13.1 Å². The van der Waals surface area contributed by atoms with E-state index < -0.39 is 23.5 Å². The highest BCUT2D eigenvalue weighted by Gasteiger charge is 2.30. The van der Waals surface area contributed by atoms with Crippen LogP contribution in [0.2, 0.25) is 0 Å². The zero-order valence-electron chi connectivity index (χ0n) is 15.7. The first-order valence-electron chi connectivity index (χ1n) is 9.02. The second kappa shape index (κ2) is 9.00. The van der Waals surface area contributed by atoms with E-state index in [9.17, 15) is 22.4 Å². The van der Waals surface area contributed by atoms with Crippen molar-refractivity contribution in [3.8, 4) is 11.1 Å². The lowest BCUT2D eigenvalue weighted by Crippen LogP contribution is -2.36. The Bertz CT molecular complexity index is 1010. The third-order valence-electron chi connectivity index (χ3n) is 4.38. The lowest BCUT2D eigenvalue weighted by molar-refractivity contribution is -0.137. The molecular weight excluding hydrogens is 400 g/mol. The monoisotopic (exact) mass is 418 g/mol. The molecule has 0 aliphatic heterocycles. The summed E-state index contributed by atoms with van der Waals surface area (Å²) >= 11 is 0. The number of aromatic nitrogens is 2. The summed E-state index contributed by atoms with van der Waals surface area (Å²) in [6.07, 6.45) is -1.40. The van der Waals surface area contributed by atoms with Crippen LogP contribution in [0.1, 0.15) is 21.7 Å². The molecule has 0 unspecified atom stereocenters. The molecule has 0 aliphatic carbocycles. The van der Waals surface area contributed by atoms with Gasteiger partial charge in [-0.3, -0.25) is 4.79 Å². The highest BCUT2D eigenvalue weighted by atomic mass is 19.4. The highest BCUT2D eigenvalue weighted by Crippen LogP contribution is 2.31. The topological polar surface area (TPSA) is 72.1 Å². The van der Waals surface area contributed by atoms with Crippen LogP contribution in [-0.4, -0.2) is 33.9 Å². The lowest BCUT2D eigenvalue weighted by atomic mass is 10.0. The Kier molecular flexibility index (Phi) is 6.41. The average molecular weight is 418 g/mol. The normalized spacial score (nSPS) is 11.4. The van der Waals surface area contributed by atoms with Gasteiger partial charge < -0.3 is 10.6 Å². The first-order valence-corrected chi connectivity index (χ1v) is 9.02. The molecule has 1 aromatic heterocycles. The number of rotatable bonds is 6. The van der Waals surface area contributed by atoms with Crippen LogP contribution >= 0.6 is 0 Å². The largest absolute Gasteiger partial charge is 0.416 e. The van der Waals surface area contributed by atoms with Crippen molar-refractivity contribution in [1.82, 2.24) is 14.9 Å². The standard InChI is InChI=1S/C21H18F4N4O/c22-18-7-4-15(14-2-5-16(6-3-14)21(23,24)25)12-17(18)20(30)29(11-8-26)13-19-27-9-1-10-28-19/h1-7,9-10,12H,8,11,13,26H2. The van der Waals surface area contributed by atoms with E-state index in [1.165, 1.54) is 41.6 Å². The Labute approximate surface area is 170 Å². The number of carbonyl (C=O) groups is 1. The molecule has 5 nitrogen and oxygen atoms in total. The number of nitrogens with zero attached hydrogens (tertiary/aromatic N) is 3. The molecule has 0 saturated heterocycles. The Hall–Kier alpha value is -3.33. The van der Waals surface area contributed by atoms with Gasteiger partial charge in [0, 0.05) is 25.5 Å². The Balaban J connectivity index is 1.90. The molecule has 0 bridgehead atoms. The molecule has 2 N–H and O–H groups in total. The molecule has 0 aliphatic rings. The van der Waals surface area contributed by atoms with Crippen molar-refractivity contribution in [3.05, 3.63) is 83.7 Å². The van der Waals surface area contributed by atoms with Gasteiger partial charge >= 0.3 is 6.18 Å². The second-order valence-electron chi connectivity index (χ2n) is 6.45. The zero-order valence-corrected chi connectivity index (χ0v) is 15.7. The molecule has 3 aromatic rings. The maximum Gasteiger partial charge on any atom is 0.416 e. The van der Waals surface area contributed by atoms with Gasteiger partial charge in [0.2, 0.25) is 0 Å². The molecule has 0 radical (unpaired) electrons. The zero-order chi connectivity index (χ0) is 21.7. The van der Waals surface area contributed by atoms with E-state index in [0.29, 0.717) is 17.0 Å². The van der Waals surface area contributed by atoms with Crippen LogP contribution in [0, 0.1) is 5.82 Å². The molecular formula is C21H18F4N4O. The quantitative estimate of drug-likeness (QED) is 0.617. The minimum Gasteiger partial charge on any atom is -0.330 e. The molecule has 9 heteroatoms. The predicted molar refractivity (Wildman–Crippen MR) is 103 cm³/mol. The van der Waals surface area contributed by atoms with E-state index in [-0.39, 0.29) is 25.2 Å². The predicted octanol–water partition coefficient (Wildman–Crippen LogP) is 3.90. The van der Waals surface area contributed by atoms with Crippen molar-refractivity contribution >= 4 is 5.91 Å². The van der Waals surface area contributed by atoms with Crippen molar-refractivity contribution in [2.24, 2.45) is 5.73 Å². The van der Waals surface area contributed by atoms with Gasteiger partial charge in [0.05, 0.1) is 17.7 Å². The Morgan fingerprint density at radius 3 is 2.23 bits per heavy atom. The number of carbonyl (C=O) groups excluding carboxylic acids is 1. The van der Waals surface area contributed by atoms with Gasteiger partial charge in [-0.15, -0.1) is 0 Å². The highest BCUT2D eigenvalue weighted by molar-refractivity contribution is 5.95. The molecule has 3 rings (SSSR count). The van der Waals surface area contributed by atoms with Crippen LogP contribution < -0.4 is 5.73 Å². The number of hydrogen-bond donors (Lipinski definition) is 1. The van der Waals surface area contributed by atoms with Crippen LogP contribution in [0.25, 0.3) is 11.1 Å². The van der Waals surface area contributed by atoms with Gasteiger partial charge in [-0.1, -0.05) is 18.2 Å². The minimum absolute atomic E-state index is 0.0425. The maximum absolute atomic E-state index is 14.4. The third kappa shape index (κ3) is 4.98. The molecule has 0 spiro atoms. The Morgan fingerprint density at radius 1 is 1.00 bits per heavy atom. The molecule has 156 valence electrons. The lowest BCUT2D eigenvalue weighted by Gasteiger charge is -2.22. The van der Waals surface area contributed by atoms with E-state index >= 15 is 0 Å². The van der Waals surface area contributed by atoms with Gasteiger partial charge in [-0.05, 0) is 41.5 Å². The van der Waals surface area contributed by atoms with Crippen molar-refractivity contribution in [1.29, 1.82) is 0 Å². The van der Waals surface area contributed by atoms with Gasteiger partial charge in [-0.25, -0.2) is 14.4 Å². The molecule has 0 fully saturated rings. The van der Waals surface area contributed by atoms with Crippen molar-refractivity contribution in [3.63, 3.8) is 0 Å². The average Bonchev–Trinajstić information content (AvgIpc) is 2.73. The SMILES string of the molecule is NCCN(Cc1ncccn1)C(=O)c1cc(-c2ccc(C(F)(F)F)cc2)ccc1F. The number of benzene rings is 2. The van der Waals surface area contributed by atoms with E-state index in [1.54, 1.807) is 6.07 Å². The Morgan fingerprint density at radius 2 is 1.63 bits per heavy atom. The number of amides is 1. The molecule has 0 saturated carbocycles. The molecule has 1 heterocycles. The summed E-state index contributed by atoms with van der Waals surface area (Å²) in [5.74, 6) is -0.982. The second-order valence-corrected chi connectivity index (χ2v) is 6.45. The fourth-order valence-corrected chi connectivity index (χ4v) is 2.88. The molecule has 30 heavy (non-hydrogen) atoms. The minimum atomic E-state index is -4.45. The van der Waals surface area contributed by atoms with Gasteiger partial charge in [0.15, 0.2) is 0 Å². The summed E-state index contributed by atoms with van der Waals surface area (Å²) < 4.78 is 52.7. The smallest absolute Gasteiger partial charge is 0.330 e. The summed E-state index contributed by atoms with van der Waals surface area (Å²) in [5.41, 5.74) is 5.42. The van der Waals surface area contributed by atoms with E-state index in [2.05, 4.69) is 9.97 Å². The van der Waals surface area contributed by atoms with Crippen LogP contribution in [0.4, 0.5) is 17.6 Å². The summed E-state index contributed by atoms with van der Waals surface area (Å²) in [5, 5.41) is 0. The first-order chi connectivity index (χ1) is 14.3. The van der Waals surface area contributed by atoms with Crippen LogP contribution in [0.15, 0.2) is 60.9 Å². The van der Waals surface area contributed by atoms with Gasteiger partial charge in [0.25, 0.3) is 5.91 Å². The van der Waals surface area contributed by atoms with Gasteiger partial charge in [0.1, 0.15) is 11.6 Å². The maximum atomic E-state index is 14.4. The van der Waals surface area contributed by atoms with Crippen LogP contribution in [-0.2, 0) is 12.7 Å². The molecule has 0 atom stereocenters. The summed E-state index contributed by atoms with van der Waals surface area (Å²) in [4.78, 5) is 22.4. The summed E-state index contributed by atoms with van der Waals surface area (Å²) in [6, 6.07) is 9.89. The van der Waals surface area contributed by atoms with Crippen molar-refractivity contribution < 1.29 is 22.4 Å². The third-order valence-corrected chi connectivity index (χ3v) is 4.38. The van der Waals surface area contributed by atoms with Crippen LogP contribution in [0.3, 0.4) is 0 Å². The summed E-state index contributed by atoms with van der Waals surface area (Å²) in [6.45, 7) is 0.348. The van der Waals surface area contributed by atoms with Crippen LogP contribution in [0.5, 0.6) is 0 Å². The molecule has 1 amide bonds. The number of hydrogen-bond acceptors (Lipinski definition) is 4. The fourth-order valence-electron chi connectivity index (χ4n) is 2.88. The number of alkyl halides is 3. The summed E-state index contributed by atoms with van der Waals surface area (Å²) in [7, 11) is 0. The van der Waals surface area contributed by atoms with E-state index in [1.807, 2.05) is 0 Å². The number of nitrogens with two attached hydrogens (primary N) is 1. The number of halogens is 4. The fraction of sp³-hybridized carbons (Fsp3) is 0.190. The van der Waals surface area contributed by atoms with Crippen molar-refractivity contribution in [2.45, 2.75) is 12.7 Å². The molecule has 2 aromatic carbocycles. The van der Waals surface area contributed by atoms with Gasteiger partial charge in [-0.2, -0.15) is 13.2 Å². The van der Waals surface area contributed by atoms with E-state index in [4.69, 9.17) is 5.73 Å². The van der Waals surface area contributed by atoms with E-state index in [0.717, 1.165) is 18.2 Å². The first kappa shape index (κ1) is 21.4.